The Morgan fingerprint density at radius 2 is 1.53 bits per heavy atom. The van der Waals surface area contributed by atoms with Crippen molar-refractivity contribution in [1.82, 2.24) is 14.8 Å². The smallest absolute Gasteiger partial charge is 0.416 e. The molecule has 2 aromatic rings. The minimum atomic E-state index is -4.40. The Hall–Kier alpha value is -2.10. The first-order valence-electron chi connectivity index (χ1n) is 18.2. The second kappa shape index (κ2) is 17.0. The van der Waals surface area contributed by atoms with Gasteiger partial charge in [0.2, 0.25) is 5.12 Å². The molecule has 260 valence electrons. The highest BCUT2D eigenvalue weighted by atomic mass is 32.2. The second-order valence-electron chi connectivity index (χ2n) is 13.9. The van der Waals surface area contributed by atoms with Gasteiger partial charge in [-0.25, -0.2) is 0 Å². The number of rotatable bonds is 14. The van der Waals surface area contributed by atoms with Crippen LogP contribution < -0.4 is 0 Å². The molecule has 3 aliphatic rings. The molecule has 2 saturated heterocycles. The number of aromatic nitrogens is 1. The monoisotopic (exact) mass is 673 g/mol. The summed E-state index contributed by atoms with van der Waals surface area (Å²) in [6.07, 6.45) is 14.4. The Labute approximate surface area is 284 Å². The number of thioether (sulfide) groups is 1. The first-order chi connectivity index (χ1) is 22.7. The van der Waals surface area contributed by atoms with Gasteiger partial charge in [0.05, 0.1) is 22.9 Å². The molecule has 0 spiro atoms. The molecule has 5 rings (SSSR count). The molecule has 0 aliphatic carbocycles. The third-order valence-electron chi connectivity index (χ3n) is 10.6. The summed E-state index contributed by atoms with van der Waals surface area (Å²) in [5.41, 5.74) is 1.43. The van der Waals surface area contributed by atoms with Crippen LogP contribution in [0.15, 0.2) is 41.8 Å². The predicted molar refractivity (Wildman–Crippen MR) is 186 cm³/mol. The topological polar surface area (TPSA) is 45.7 Å². The first kappa shape index (κ1) is 36.2. The molecule has 0 radical (unpaired) electrons. The Morgan fingerprint density at radius 1 is 0.872 bits per heavy atom. The van der Waals surface area contributed by atoms with Gasteiger partial charge in [-0.2, -0.15) is 13.2 Å². The van der Waals surface area contributed by atoms with Crippen molar-refractivity contribution in [2.45, 2.75) is 127 Å². The number of nitrogens with zero attached hydrogens (tertiary/aromatic N) is 3. The molecule has 4 heterocycles. The van der Waals surface area contributed by atoms with Crippen LogP contribution in [0.5, 0.6) is 0 Å². The number of fused-ring (bicyclic) bond motifs is 1. The normalized spacial score (nSPS) is 22.0. The van der Waals surface area contributed by atoms with Crippen LogP contribution >= 0.6 is 11.8 Å². The molecule has 1 aromatic heterocycles. The fourth-order valence-corrected chi connectivity index (χ4v) is 9.00. The third kappa shape index (κ3) is 9.33. The number of alkyl halides is 3. The predicted octanol–water partition coefficient (Wildman–Crippen LogP) is 9.88. The number of benzene rings is 1. The molecule has 0 bridgehead atoms. The minimum absolute atomic E-state index is 0.0912. The lowest BCUT2D eigenvalue weighted by Gasteiger charge is -2.46. The number of carbonyl (C=O) groups excluding carboxylic acids is 1. The van der Waals surface area contributed by atoms with Crippen LogP contribution in [0.1, 0.15) is 121 Å². The summed E-state index contributed by atoms with van der Waals surface area (Å²) in [6.45, 7) is 9.94. The number of likely N-dealkylation sites (tertiary alicyclic amines) is 2. The third-order valence-corrected chi connectivity index (χ3v) is 11.7. The van der Waals surface area contributed by atoms with E-state index in [-0.39, 0.29) is 15.9 Å². The average molecular weight is 674 g/mol. The second-order valence-corrected chi connectivity index (χ2v) is 15.2. The zero-order valence-corrected chi connectivity index (χ0v) is 29.3. The lowest BCUT2D eigenvalue weighted by atomic mass is 9.77. The van der Waals surface area contributed by atoms with E-state index < -0.39 is 11.7 Å². The first-order valence-corrected chi connectivity index (χ1v) is 19.1. The highest BCUT2D eigenvalue weighted by Crippen LogP contribution is 2.44. The van der Waals surface area contributed by atoms with Gasteiger partial charge in [-0.1, -0.05) is 62.8 Å². The molecule has 0 amide bonds. The van der Waals surface area contributed by atoms with E-state index in [9.17, 15) is 18.0 Å². The van der Waals surface area contributed by atoms with Crippen molar-refractivity contribution in [2.75, 3.05) is 39.3 Å². The molecule has 2 unspecified atom stereocenters. The van der Waals surface area contributed by atoms with Crippen LogP contribution in [0.2, 0.25) is 0 Å². The van der Waals surface area contributed by atoms with E-state index in [0.717, 1.165) is 99.7 Å². The highest BCUT2D eigenvalue weighted by molar-refractivity contribution is 8.15. The van der Waals surface area contributed by atoms with Crippen molar-refractivity contribution in [3.05, 3.63) is 52.9 Å². The van der Waals surface area contributed by atoms with Crippen LogP contribution in [-0.2, 0) is 21.2 Å². The van der Waals surface area contributed by atoms with Gasteiger partial charge in [-0.15, -0.1) is 0 Å². The van der Waals surface area contributed by atoms with E-state index in [2.05, 4.69) is 20.9 Å². The van der Waals surface area contributed by atoms with Gasteiger partial charge in [0.1, 0.15) is 5.76 Å². The molecule has 47 heavy (non-hydrogen) atoms. The quantitative estimate of drug-likeness (QED) is 0.186. The Bertz CT molecular complexity index is 1350. The molecular formula is C38H54F3N3O2S. The summed E-state index contributed by atoms with van der Waals surface area (Å²) < 4.78 is 47.2. The standard InChI is InChI=1S/C38H54F3N3O2S/c1-29-35(30(2)47-36(29)45)46-27-14-8-3-9-19-37(44-25-12-6-7-13-26-44,20-15-24-43-22-10-4-5-11-23-43)33-18-21-42-34-28-31(38(39,40)41)16-17-32(33)34/h16-18,21,28,30H,3-15,19-20,22-27H2,1-2H3. The fraction of sp³-hybridized carbons (Fsp3) is 0.684. The molecule has 3 aliphatic heterocycles. The van der Waals surface area contributed by atoms with Crippen LogP contribution in [0.4, 0.5) is 13.2 Å². The number of carbonyl (C=O) groups is 1. The van der Waals surface area contributed by atoms with E-state index in [1.54, 1.807) is 12.3 Å². The highest BCUT2D eigenvalue weighted by Gasteiger charge is 2.40. The van der Waals surface area contributed by atoms with Crippen LogP contribution in [-0.4, -0.2) is 64.5 Å². The van der Waals surface area contributed by atoms with Crippen molar-refractivity contribution in [1.29, 1.82) is 0 Å². The van der Waals surface area contributed by atoms with E-state index in [1.165, 1.54) is 75.5 Å². The molecule has 5 nitrogen and oxygen atoms in total. The number of ether oxygens (including phenoxy) is 1. The Kier molecular flexibility index (Phi) is 13.1. The summed E-state index contributed by atoms with van der Waals surface area (Å²) in [4.78, 5) is 21.8. The van der Waals surface area contributed by atoms with Gasteiger partial charge >= 0.3 is 6.18 Å². The summed E-state index contributed by atoms with van der Waals surface area (Å²) in [6, 6.07) is 6.27. The maximum Gasteiger partial charge on any atom is 0.416 e. The Morgan fingerprint density at radius 3 is 2.19 bits per heavy atom. The maximum absolute atomic E-state index is 13.7. The molecular weight excluding hydrogens is 619 g/mol. The fourth-order valence-electron chi connectivity index (χ4n) is 8.05. The summed E-state index contributed by atoms with van der Waals surface area (Å²) >= 11 is 1.34. The largest absolute Gasteiger partial charge is 0.496 e. The van der Waals surface area contributed by atoms with Gasteiger partial charge in [0.25, 0.3) is 0 Å². The van der Waals surface area contributed by atoms with E-state index in [1.807, 2.05) is 13.8 Å². The summed E-state index contributed by atoms with van der Waals surface area (Å²) in [5.74, 6) is 0.836. The van der Waals surface area contributed by atoms with E-state index in [0.29, 0.717) is 12.1 Å². The summed E-state index contributed by atoms with van der Waals surface area (Å²) in [5, 5.41) is 1.06. The van der Waals surface area contributed by atoms with Crippen LogP contribution in [0, 0.1) is 0 Å². The molecule has 1 aromatic carbocycles. The number of hydrogen-bond donors (Lipinski definition) is 0. The number of pyridine rings is 1. The SMILES string of the molecule is CC1=C(OCCCCCCC(CCCN2CCCCCC2)(c2ccnc3cc(C(F)(F)F)ccc23)N2CCCCCC2)C(C)SC1=O. The van der Waals surface area contributed by atoms with Gasteiger partial charge in [-0.05, 0) is 122 Å². The molecule has 9 heteroatoms. The molecule has 0 saturated carbocycles. The van der Waals surface area contributed by atoms with Crippen molar-refractivity contribution in [3.8, 4) is 0 Å². The van der Waals surface area contributed by atoms with E-state index in [4.69, 9.17) is 4.74 Å². The van der Waals surface area contributed by atoms with Gasteiger partial charge in [-0.3, -0.25) is 14.7 Å². The van der Waals surface area contributed by atoms with E-state index >= 15 is 0 Å². The Balaban J connectivity index is 1.37. The van der Waals surface area contributed by atoms with Gasteiger partial charge < -0.3 is 9.64 Å². The number of hydrogen-bond acceptors (Lipinski definition) is 6. The van der Waals surface area contributed by atoms with Gasteiger partial charge in [0, 0.05) is 22.7 Å². The van der Waals surface area contributed by atoms with Crippen LogP contribution in [0.3, 0.4) is 0 Å². The maximum atomic E-state index is 13.7. The lowest BCUT2D eigenvalue weighted by molar-refractivity contribution is -0.137. The minimum Gasteiger partial charge on any atom is -0.496 e. The van der Waals surface area contributed by atoms with Crippen LogP contribution in [0.25, 0.3) is 10.9 Å². The summed E-state index contributed by atoms with van der Waals surface area (Å²) in [7, 11) is 0. The van der Waals surface area contributed by atoms with Gasteiger partial charge in [0.15, 0.2) is 0 Å². The number of unbranched alkanes of at least 4 members (excludes halogenated alkanes) is 3. The zero-order chi connectivity index (χ0) is 33.3. The zero-order valence-electron chi connectivity index (χ0n) is 28.5. The molecule has 2 fully saturated rings. The lowest BCUT2D eigenvalue weighted by Crippen LogP contribution is -2.47. The van der Waals surface area contributed by atoms with Crippen molar-refractivity contribution >= 4 is 27.8 Å². The number of halogens is 3. The van der Waals surface area contributed by atoms with Crippen molar-refractivity contribution < 1.29 is 22.7 Å². The van der Waals surface area contributed by atoms with Crippen molar-refractivity contribution in [2.24, 2.45) is 0 Å². The average Bonchev–Trinajstić information content (AvgIpc) is 3.37. The molecule has 2 atom stereocenters. The van der Waals surface area contributed by atoms with Crippen molar-refractivity contribution in [3.63, 3.8) is 0 Å². The molecule has 0 N–H and O–H groups in total.